The number of hydrogen-bond acceptors (Lipinski definition) is 4. The molecule has 5 nitrogen and oxygen atoms in total. The van der Waals surface area contributed by atoms with Gasteiger partial charge in [0.1, 0.15) is 0 Å². The van der Waals surface area contributed by atoms with Gasteiger partial charge in [-0.15, -0.1) is 0 Å². The summed E-state index contributed by atoms with van der Waals surface area (Å²) in [6.07, 6.45) is 3.11. The van der Waals surface area contributed by atoms with Crippen molar-refractivity contribution in [3.8, 4) is 0 Å². The van der Waals surface area contributed by atoms with E-state index in [2.05, 4.69) is 4.98 Å². The summed E-state index contributed by atoms with van der Waals surface area (Å²) in [5, 5.41) is 0. The number of rotatable bonds is 1. The van der Waals surface area contributed by atoms with Crippen LogP contribution in [0.1, 0.15) is 28.2 Å². The third-order valence-electron chi connectivity index (χ3n) is 3.47. The van der Waals surface area contributed by atoms with E-state index in [-0.39, 0.29) is 5.91 Å². The number of carbonyl (C=O) groups excluding carboxylic acids is 1. The van der Waals surface area contributed by atoms with Crippen LogP contribution in [0.4, 0.5) is 11.4 Å². The molecular weight excluding hydrogens is 242 g/mol. The van der Waals surface area contributed by atoms with E-state index >= 15 is 0 Å². The van der Waals surface area contributed by atoms with Gasteiger partial charge in [-0.2, -0.15) is 0 Å². The van der Waals surface area contributed by atoms with Crippen molar-refractivity contribution in [2.24, 2.45) is 0 Å². The van der Waals surface area contributed by atoms with E-state index < -0.39 is 0 Å². The maximum Gasteiger partial charge on any atom is 0.295 e. The Morgan fingerprint density at radius 2 is 2.32 bits per heavy atom. The SMILES string of the molecule is Cc1ncoc1C(=O)N1CCCc2c(N)cccc21. The van der Waals surface area contributed by atoms with E-state index in [1.807, 2.05) is 18.2 Å². The molecule has 1 aliphatic rings. The van der Waals surface area contributed by atoms with Crippen molar-refractivity contribution >= 4 is 17.3 Å². The molecule has 0 bridgehead atoms. The summed E-state index contributed by atoms with van der Waals surface area (Å²) >= 11 is 0. The molecule has 0 aliphatic carbocycles. The van der Waals surface area contributed by atoms with E-state index in [9.17, 15) is 4.79 Å². The summed E-state index contributed by atoms with van der Waals surface area (Å²) in [4.78, 5) is 18.2. The van der Waals surface area contributed by atoms with Crippen LogP contribution in [0.15, 0.2) is 29.0 Å². The van der Waals surface area contributed by atoms with Crippen molar-refractivity contribution in [3.05, 3.63) is 41.6 Å². The van der Waals surface area contributed by atoms with Crippen LogP contribution in [0.5, 0.6) is 0 Å². The Labute approximate surface area is 111 Å². The van der Waals surface area contributed by atoms with E-state index in [1.165, 1.54) is 6.39 Å². The number of nitrogens with two attached hydrogens (primary N) is 1. The molecule has 2 heterocycles. The molecule has 2 aromatic rings. The number of benzene rings is 1. The van der Waals surface area contributed by atoms with E-state index in [4.69, 9.17) is 10.2 Å². The lowest BCUT2D eigenvalue weighted by Crippen LogP contribution is -2.35. The molecule has 0 spiro atoms. The number of amides is 1. The zero-order valence-corrected chi connectivity index (χ0v) is 10.7. The number of nitrogen functional groups attached to an aromatic ring is 1. The number of nitrogens with zero attached hydrogens (tertiary/aromatic N) is 2. The van der Waals surface area contributed by atoms with Crippen molar-refractivity contribution in [1.82, 2.24) is 4.98 Å². The molecule has 3 rings (SSSR count). The van der Waals surface area contributed by atoms with Crippen LogP contribution >= 0.6 is 0 Å². The first-order chi connectivity index (χ1) is 9.18. The number of aryl methyl sites for hydroxylation is 1. The fourth-order valence-electron chi connectivity index (χ4n) is 2.49. The number of fused-ring (bicyclic) bond motifs is 1. The standard InChI is InChI=1S/C14H15N3O2/c1-9-13(19-8-16-9)14(18)17-7-3-4-10-11(15)5-2-6-12(10)17/h2,5-6,8H,3-4,7,15H2,1H3. The summed E-state index contributed by atoms with van der Waals surface area (Å²) < 4.78 is 5.19. The molecule has 98 valence electrons. The highest BCUT2D eigenvalue weighted by Crippen LogP contribution is 2.32. The maximum atomic E-state index is 12.5. The first-order valence-corrected chi connectivity index (χ1v) is 6.28. The predicted molar refractivity (Wildman–Crippen MR) is 72.1 cm³/mol. The zero-order chi connectivity index (χ0) is 13.4. The van der Waals surface area contributed by atoms with Gasteiger partial charge in [-0.25, -0.2) is 4.98 Å². The summed E-state index contributed by atoms with van der Waals surface area (Å²) in [5.74, 6) is 0.150. The highest BCUT2D eigenvalue weighted by Gasteiger charge is 2.27. The van der Waals surface area contributed by atoms with Crippen LogP contribution in [0.25, 0.3) is 0 Å². The average molecular weight is 257 g/mol. The van der Waals surface area contributed by atoms with Crippen LogP contribution < -0.4 is 10.6 Å². The van der Waals surface area contributed by atoms with Crippen molar-refractivity contribution < 1.29 is 9.21 Å². The predicted octanol–water partition coefficient (Wildman–Crippen LogP) is 2.16. The molecule has 0 saturated heterocycles. The molecule has 0 unspecified atom stereocenters. The van der Waals surface area contributed by atoms with Gasteiger partial charge in [-0.1, -0.05) is 6.07 Å². The number of hydrogen-bond donors (Lipinski definition) is 1. The van der Waals surface area contributed by atoms with Crippen LogP contribution in [0.3, 0.4) is 0 Å². The Morgan fingerprint density at radius 1 is 1.47 bits per heavy atom. The fraction of sp³-hybridized carbons (Fsp3) is 0.286. The number of oxazole rings is 1. The third kappa shape index (κ3) is 1.87. The Bertz CT molecular complexity index is 633. The minimum absolute atomic E-state index is 0.151. The molecule has 1 aromatic heterocycles. The quantitative estimate of drug-likeness (QED) is 0.794. The van der Waals surface area contributed by atoms with Gasteiger partial charge in [0.05, 0.1) is 5.69 Å². The minimum Gasteiger partial charge on any atom is -0.438 e. The first kappa shape index (κ1) is 11.8. The molecule has 0 radical (unpaired) electrons. The van der Waals surface area contributed by atoms with Crippen LogP contribution in [-0.4, -0.2) is 17.4 Å². The van der Waals surface area contributed by atoms with Gasteiger partial charge in [-0.3, -0.25) is 4.79 Å². The highest BCUT2D eigenvalue weighted by molar-refractivity contribution is 6.05. The molecule has 0 atom stereocenters. The molecule has 19 heavy (non-hydrogen) atoms. The molecule has 1 aromatic carbocycles. The first-order valence-electron chi connectivity index (χ1n) is 6.28. The lowest BCUT2D eigenvalue weighted by atomic mass is 9.99. The summed E-state index contributed by atoms with van der Waals surface area (Å²) in [7, 11) is 0. The lowest BCUT2D eigenvalue weighted by Gasteiger charge is -2.29. The molecular formula is C14H15N3O2. The molecule has 0 saturated carbocycles. The molecule has 5 heteroatoms. The zero-order valence-electron chi connectivity index (χ0n) is 10.7. The minimum atomic E-state index is -0.151. The second kappa shape index (κ2) is 4.42. The monoisotopic (exact) mass is 257 g/mol. The summed E-state index contributed by atoms with van der Waals surface area (Å²) in [6.45, 7) is 2.44. The van der Waals surface area contributed by atoms with Gasteiger partial charge < -0.3 is 15.1 Å². The Balaban J connectivity index is 2.03. The smallest absolute Gasteiger partial charge is 0.295 e. The second-order valence-electron chi connectivity index (χ2n) is 4.67. The highest BCUT2D eigenvalue weighted by atomic mass is 16.3. The third-order valence-corrected chi connectivity index (χ3v) is 3.47. The van der Waals surface area contributed by atoms with Crippen molar-refractivity contribution in [2.75, 3.05) is 17.2 Å². The van der Waals surface area contributed by atoms with Crippen molar-refractivity contribution in [1.29, 1.82) is 0 Å². The van der Waals surface area contributed by atoms with Gasteiger partial charge in [0.15, 0.2) is 6.39 Å². The van der Waals surface area contributed by atoms with Gasteiger partial charge in [0, 0.05) is 17.9 Å². The number of carbonyl (C=O) groups is 1. The van der Waals surface area contributed by atoms with E-state index in [0.29, 0.717) is 18.0 Å². The van der Waals surface area contributed by atoms with Crippen LogP contribution in [0, 0.1) is 6.92 Å². The van der Waals surface area contributed by atoms with Gasteiger partial charge in [-0.05, 0) is 37.5 Å². The number of anilines is 2. The molecule has 1 aliphatic heterocycles. The van der Waals surface area contributed by atoms with Crippen molar-refractivity contribution in [2.45, 2.75) is 19.8 Å². The van der Waals surface area contributed by atoms with E-state index in [1.54, 1.807) is 11.8 Å². The molecule has 2 N–H and O–H groups in total. The normalized spacial score (nSPS) is 14.3. The fourth-order valence-corrected chi connectivity index (χ4v) is 2.49. The largest absolute Gasteiger partial charge is 0.438 e. The lowest BCUT2D eigenvalue weighted by molar-refractivity contribution is 0.0957. The average Bonchev–Trinajstić information content (AvgIpc) is 2.84. The molecule has 1 amide bonds. The Hall–Kier alpha value is -2.30. The maximum absolute atomic E-state index is 12.5. The Kier molecular flexibility index (Phi) is 2.74. The topological polar surface area (TPSA) is 72.4 Å². The van der Waals surface area contributed by atoms with Crippen LogP contribution in [-0.2, 0) is 6.42 Å². The summed E-state index contributed by atoms with van der Waals surface area (Å²) in [5.41, 5.74) is 9.25. The second-order valence-corrected chi connectivity index (χ2v) is 4.67. The van der Waals surface area contributed by atoms with E-state index in [0.717, 1.165) is 29.8 Å². The Morgan fingerprint density at radius 3 is 3.05 bits per heavy atom. The van der Waals surface area contributed by atoms with Crippen LogP contribution in [0.2, 0.25) is 0 Å². The number of aromatic nitrogens is 1. The molecule has 0 fully saturated rings. The van der Waals surface area contributed by atoms with Gasteiger partial charge in [0.2, 0.25) is 5.76 Å². The van der Waals surface area contributed by atoms with Gasteiger partial charge >= 0.3 is 0 Å². The van der Waals surface area contributed by atoms with Crippen molar-refractivity contribution in [3.63, 3.8) is 0 Å². The summed E-state index contributed by atoms with van der Waals surface area (Å²) in [6, 6.07) is 5.66. The van der Waals surface area contributed by atoms with Gasteiger partial charge in [0.25, 0.3) is 5.91 Å².